The van der Waals surface area contributed by atoms with E-state index in [1.807, 2.05) is 6.07 Å². The lowest BCUT2D eigenvalue weighted by molar-refractivity contribution is 0.135. The van der Waals surface area contributed by atoms with Crippen molar-refractivity contribution in [3.8, 4) is 0 Å². The van der Waals surface area contributed by atoms with Gasteiger partial charge < -0.3 is 9.53 Å². The Morgan fingerprint density at radius 3 is 2.16 bits per heavy atom. The lowest BCUT2D eigenvalue weighted by atomic mass is 9.87. The lowest BCUT2D eigenvalue weighted by Crippen LogP contribution is -2.48. The van der Waals surface area contributed by atoms with Gasteiger partial charge in [0.25, 0.3) is 0 Å². The average Bonchev–Trinajstić information content (AvgIpc) is 2.84. The first-order chi connectivity index (χ1) is 14.6. The van der Waals surface area contributed by atoms with Crippen LogP contribution in [-0.4, -0.2) is 18.4 Å². The number of aliphatic hydroxyl groups excluding tert-OH is 1. The first-order valence-electron chi connectivity index (χ1n) is 11.4. The molecule has 2 unspecified atom stereocenters. The summed E-state index contributed by atoms with van der Waals surface area (Å²) in [5.74, 6) is -2.33. The smallest absolute Gasteiger partial charge is 0.201 e. The van der Waals surface area contributed by atoms with E-state index in [-0.39, 0.29) is 11.7 Å². The van der Waals surface area contributed by atoms with Gasteiger partial charge in [-0.25, -0.2) is 8.78 Å². The second-order valence-corrected chi connectivity index (χ2v) is 15.1. The van der Waals surface area contributed by atoms with Crippen LogP contribution in [0.5, 0.6) is 0 Å². The monoisotopic (exact) mass is 447 g/mol. The number of benzene rings is 1. The zero-order valence-corrected chi connectivity index (χ0v) is 20.4. The van der Waals surface area contributed by atoms with Gasteiger partial charge in [-0.3, -0.25) is 4.98 Å². The summed E-state index contributed by atoms with van der Waals surface area (Å²) in [6, 6.07) is 7.79. The molecule has 0 aliphatic heterocycles. The molecule has 3 atom stereocenters. The molecule has 1 aliphatic rings. The van der Waals surface area contributed by atoms with Gasteiger partial charge in [0.05, 0.1) is 17.9 Å². The number of aliphatic hydroxyl groups is 1. The van der Waals surface area contributed by atoms with E-state index in [4.69, 9.17) is 4.43 Å². The van der Waals surface area contributed by atoms with E-state index in [1.165, 1.54) is 6.07 Å². The van der Waals surface area contributed by atoms with Gasteiger partial charge in [-0.05, 0) is 47.2 Å². The summed E-state index contributed by atoms with van der Waals surface area (Å²) in [7, 11) is -2.20. The van der Waals surface area contributed by atoms with Crippen molar-refractivity contribution in [2.24, 2.45) is 0 Å². The Morgan fingerprint density at radius 1 is 0.935 bits per heavy atom. The van der Waals surface area contributed by atoms with Crippen molar-refractivity contribution in [2.75, 3.05) is 0 Å². The van der Waals surface area contributed by atoms with Crippen LogP contribution in [0.15, 0.2) is 36.5 Å². The van der Waals surface area contributed by atoms with Gasteiger partial charge in [0.2, 0.25) is 8.32 Å². The molecule has 0 spiro atoms. The van der Waals surface area contributed by atoms with E-state index in [0.717, 1.165) is 11.8 Å². The maximum absolute atomic E-state index is 14.6. The molecule has 1 aliphatic carbocycles. The van der Waals surface area contributed by atoms with Crippen LogP contribution < -0.4 is 0 Å². The Kier molecular flexibility index (Phi) is 7.34. The van der Waals surface area contributed by atoms with Crippen LogP contribution in [0.4, 0.5) is 8.78 Å². The van der Waals surface area contributed by atoms with Crippen molar-refractivity contribution >= 4 is 8.32 Å². The Hall–Kier alpha value is -1.63. The van der Waals surface area contributed by atoms with Gasteiger partial charge >= 0.3 is 0 Å². The molecule has 0 amide bonds. The number of halogens is 2. The topological polar surface area (TPSA) is 42.4 Å². The molecule has 0 bridgehead atoms. The molecule has 1 heterocycles. The molecule has 0 saturated heterocycles. The molecule has 3 nitrogen and oxygen atoms in total. The zero-order valence-electron chi connectivity index (χ0n) is 19.4. The normalized spacial score (nSPS) is 22.1. The predicted octanol–water partition coefficient (Wildman–Crippen LogP) is 7.20. The Balaban J connectivity index is 2.06. The highest BCUT2D eigenvalue weighted by molar-refractivity contribution is 6.77. The lowest BCUT2D eigenvalue weighted by Gasteiger charge is -2.44. The minimum absolute atomic E-state index is 0.211. The maximum atomic E-state index is 14.6. The Bertz CT molecular complexity index is 881. The summed E-state index contributed by atoms with van der Waals surface area (Å²) in [5, 5.41) is 11.2. The van der Waals surface area contributed by atoms with Gasteiger partial charge in [-0.2, -0.15) is 0 Å². The molecular formula is C25H35F2NO2Si. The number of hydrogen-bond acceptors (Lipinski definition) is 3. The first-order valence-corrected chi connectivity index (χ1v) is 13.5. The number of fused-ring (bicyclic) bond motifs is 1. The van der Waals surface area contributed by atoms with Gasteiger partial charge in [0.1, 0.15) is 0 Å². The SMILES string of the molecule is CC(C)[Si](O[C@@H]1CCC(c2cccc(F)c2F)C(O)c2cccnc21)(C(C)C)C(C)C. The number of hydrogen-bond donors (Lipinski definition) is 1. The molecule has 0 saturated carbocycles. The molecule has 0 fully saturated rings. The number of rotatable bonds is 6. The van der Waals surface area contributed by atoms with Crippen LogP contribution in [0.1, 0.15) is 89.3 Å². The number of aromatic nitrogens is 1. The quantitative estimate of drug-likeness (QED) is 0.376. The van der Waals surface area contributed by atoms with Crippen LogP contribution in [-0.2, 0) is 4.43 Å². The third kappa shape index (κ3) is 4.35. The highest BCUT2D eigenvalue weighted by Crippen LogP contribution is 2.49. The highest BCUT2D eigenvalue weighted by atomic mass is 28.4. The second kappa shape index (κ2) is 9.47. The number of pyridine rings is 1. The Labute approximate surface area is 186 Å². The van der Waals surface area contributed by atoms with Gasteiger partial charge in [0.15, 0.2) is 11.6 Å². The molecule has 3 rings (SSSR count). The largest absolute Gasteiger partial charge is 0.408 e. The molecule has 170 valence electrons. The van der Waals surface area contributed by atoms with Crippen LogP contribution >= 0.6 is 0 Å². The van der Waals surface area contributed by atoms with Gasteiger partial charge in [-0.15, -0.1) is 0 Å². The minimum atomic E-state index is -2.20. The summed E-state index contributed by atoms with van der Waals surface area (Å²) in [4.78, 5) is 4.61. The summed E-state index contributed by atoms with van der Waals surface area (Å²) in [6.07, 6.45) is 1.56. The van der Waals surface area contributed by atoms with Crippen LogP contribution in [0.25, 0.3) is 0 Å². The first kappa shape index (κ1) is 24.0. The van der Waals surface area contributed by atoms with Crippen molar-refractivity contribution in [1.29, 1.82) is 0 Å². The fourth-order valence-corrected chi connectivity index (χ4v) is 11.2. The minimum Gasteiger partial charge on any atom is -0.408 e. The van der Waals surface area contributed by atoms with E-state index in [1.54, 1.807) is 18.3 Å². The molecule has 31 heavy (non-hydrogen) atoms. The molecule has 0 radical (unpaired) electrons. The van der Waals surface area contributed by atoms with E-state index in [9.17, 15) is 13.9 Å². The van der Waals surface area contributed by atoms with E-state index >= 15 is 0 Å². The van der Waals surface area contributed by atoms with Gasteiger partial charge in [-0.1, -0.05) is 59.7 Å². The summed E-state index contributed by atoms with van der Waals surface area (Å²) in [5.41, 5.74) is 2.81. The Morgan fingerprint density at radius 2 is 1.55 bits per heavy atom. The fraction of sp³-hybridized carbons (Fsp3) is 0.560. The van der Waals surface area contributed by atoms with Crippen molar-refractivity contribution < 1.29 is 18.3 Å². The molecule has 1 N–H and O–H groups in total. The zero-order chi connectivity index (χ0) is 22.9. The second-order valence-electron chi connectivity index (χ2n) is 9.67. The third-order valence-corrected chi connectivity index (χ3v) is 13.2. The van der Waals surface area contributed by atoms with Crippen molar-refractivity contribution in [3.63, 3.8) is 0 Å². The van der Waals surface area contributed by atoms with E-state index < -0.39 is 32.0 Å². The molecular weight excluding hydrogens is 412 g/mol. The molecule has 2 aromatic rings. The van der Waals surface area contributed by atoms with E-state index in [0.29, 0.717) is 35.0 Å². The standard InChI is InChI=1S/C25H35F2NO2Si/c1-15(2)31(16(3)4,17(5)6)30-22-13-12-19(18-9-7-11-21(26)23(18)27)25(29)20-10-8-14-28-24(20)22/h7-11,14-17,19,22,25,29H,12-13H2,1-6H3/t19?,22-,25?/m1/s1. The highest BCUT2D eigenvalue weighted by Gasteiger charge is 2.48. The van der Waals surface area contributed by atoms with Crippen LogP contribution in [0.3, 0.4) is 0 Å². The maximum Gasteiger partial charge on any atom is 0.201 e. The summed E-state index contributed by atoms with van der Waals surface area (Å²) in [6.45, 7) is 13.4. The van der Waals surface area contributed by atoms with Crippen molar-refractivity contribution in [1.82, 2.24) is 4.98 Å². The van der Waals surface area contributed by atoms with Gasteiger partial charge in [0, 0.05) is 17.7 Å². The summed E-state index contributed by atoms with van der Waals surface area (Å²) < 4.78 is 35.6. The molecule has 6 heteroatoms. The van der Waals surface area contributed by atoms with Crippen LogP contribution in [0.2, 0.25) is 16.6 Å². The number of nitrogens with zero attached hydrogens (tertiary/aromatic N) is 1. The predicted molar refractivity (Wildman–Crippen MR) is 122 cm³/mol. The van der Waals surface area contributed by atoms with Crippen molar-refractivity contribution in [2.45, 2.75) is 89.1 Å². The molecule has 1 aromatic heterocycles. The third-order valence-electron chi connectivity index (χ3n) is 7.05. The van der Waals surface area contributed by atoms with Crippen molar-refractivity contribution in [3.05, 3.63) is 65.0 Å². The fourth-order valence-electron chi connectivity index (χ4n) is 5.69. The molecule has 1 aromatic carbocycles. The summed E-state index contributed by atoms with van der Waals surface area (Å²) >= 11 is 0. The van der Waals surface area contributed by atoms with Crippen LogP contribution in [0, 0.1) is 11.6 Å². The average molecular weight is 448 g/mol. The van der Waals surface area contributed by atoms with E-state index in [2.05, 4.69) is 46.5 Å².